The Morgan fingerprint density at radius 3 is 2.48 bits per heavy atom. The van der Waals surface area contributed by atoms with Crippen LogP contribution in [0.5, 0.6) is 0 Å². The number of hydrogen-bond acceptors (Lipinski definition) is 3. The molecule has 1 aromatic carbocycles. The van der Waals surface area contributed by atoms with Crippen molar-refractivity contribution in [1.29, 1.82) is 0 Å². The molecule has 1 aromatic heterocycles. The van der Waals surface area contributed by atoms with Gasteiger partial charge in [-0.25, -0.2) is 4.79 Å². The molecule has 0 spiro atoms. The number of carbonyl (C=O) groups excluding carboxylic acids is 1. The molecule has 4 nitrogen and oxygen atoms in total. The lowest BCUT2D eigenvalue weighted by Crippen LogP contribution is -2.20. The third kappa shape index (κ3) is 4.57. The first-order valence-corrected chi connectivity index (χ1v) is 7.21. The van der Waals surface area contributed by atoms with Gasteiger partial charge < -0.3 is 10.4 Å². The van der Waals surface area contributed by atoms with Crippen molar-refractivity contribution in [3.8, 4) is 0 Å². The summed E-state index contributed by atoms with van der Waals surface area (Å²) in [5.41, 5.74) is 1.09. The predicted molar refractivity (Wildman–Crippen MR) is 83.3 cm³/mol. The van der Waals surface area contributed by atoms with Gasteiger partial charge >= 0.3 is 5.97 Å². The summed E-state index contributed by atoms with van der Waals surface area (Å²) in [5.74, 6) is -1.14. The van der Waals surface area contributed by atoms with Crippen LogP contribution < -0.4 is 5.32 Å². The molecule has 0 saturated carbocycles. The summed E-state index contributed by atoms with van der Waals surface area (Å²) in [6.07, 6.45) is 3.28. The van der Waals surface area contributed by atoms with Gasteiger partial charge in [-0.05, 0) is 42.8 Å². The maximum atomic E-state index is 11.7. The second-order valence-corrected chi connectivity index (χ2v) is 5.82. The van der Waals surface area contributed by atoms with Crippen LogP contribution in [0, 0.1) is 6.92 Å². The van der Waals surface area contributed by atoms with Crippen LogP contribution >= 0.6 is 11.3 Å². The number of amides is 1. The largest absolute Gasteiger partial charge is 0.478 e. The number of benzene rings is 1. The van der Waals surface area contributed by atoms with E-state index in [1.54, 1.807) is 29.5 Å². The van der Waals surface area contributed by atoms with Gasteiger partial charge in [-0.3, -0.25) is 4.79 Å². The van der Waals surface area contributed by atoms with Crippen LogP contribution in [0.1, 0.15) is 25.7 Å². The van der Waals surface area contributed by atoms with Gasteiger partial charge in [-0.2, -0.15) is 0 Å². The number of aromatic carboxylic acids is 1. The molecule has 0 saturated heterocycles. The van der Waals surface area contributed by atoms with Gasteiger partial charge in [0.25, 0.3) is 0 Å². The topological polar surface area (TPSA) is 66.4 Å². The third-order valence-electron chi connectivity index (χ3n) is 2.83. The van der Waals surface area contributed by atoms with Crippen LogP contribution in [0.25, 0.3) is 6.08 Å². The molecule has 0 aliphatic rings. The third-order valence-corrected chi connectivity index (χ3v) is 3.79. The van der Waals surface area contributed by atoms with E-state index in [-0.39, 0.29) is 11.5 Å². The Hall–Kier alpha value is -2.40. The number of rotatable bonds is 5. The second-order valence-electron chi connectivity index (χ2n) is 4.50. The first-order valence-electron chi connectivity index (χ1n) is 6.39. The molecule has 0 aliphatic heterocycles. The summed E-state index contributed by atoms with van der Waals surface area (Å²) in [4.78, 5) is 24.6. The van der Waals surface area contributed by atoms with Crippen molar-refractivity contribution < 1.29 is 14.7 Å². The molecule has 2 rings (SSSR count). The van der Waals surface area contributed by atoms with Gasteiger partial charge in [-0.1, -0.05) is 12.1 Å². The number of hydrogen-bond donors (Lipinski definition) is 2. The molecular formula is C16H15NO3S. The fraction of sp³-hybridized carbons (Fsp3) is 0.125. The van der Waals surface area contributed by atoms with Crippen LogP contribution in [0.3, 0.4) is 0 Å². The number of thiophene rings is 1. The standard InChI is InChI=1S/C16H15NO3S/c1-11-2-7-14(21-11)8-9-15(18)17-10-12-3-5-13(6-4-12)16(19)20/h2-9H,10H2,1H3,(H,17,18)(H,19,20)/b9-8+. The summed E-state index contributed by atoms with van der Waals surface area (Å²) in [6.45, 7) is 2.38. The SMILES string of the molecule is Cc1ccc(/C=C/C(=O)NCc2ccc(C(=O)O)cc2)s1. The monoisotopic (exact) mass is 301 g/mol. The highest BCUT2D eigenvalue weighted by Gasteiger charge is 2.02. The van der Waals surface area contributed by atoms with Gasteiger partial charge in [0, 0.05) is 22.4 Å². The molecule has 0 atom stereocenters. The quantitative estimate of drug-likeness (QED) is 0.834. The zero-order valence-electron chi connectivity index (χ0n) is 11.5. The first kappa shape index (κ1) is 15.0. The molecule has 21 heavy (non-hydrogen) atoms. The minimum absolute atomic E-state index is 0.177. The molecule has 5 heteroatoms. The molecule has 2 N–H and O–H groups in total. The maximum Gasteiger partial charge on any atom is 0.335 e. The number of carboxylic acid groups (broad SMARTS) is 1. The zero-order valence-corrected chi connectivity index (χ0v) is 12.3. The number of carboxylic acids is 1. The van der Waals surface area contributed by atoms with Crippen LogP contribution in [0.15, 0.2) is 42.5 Å². The van der Waals surface area contributed by atoms with E-state index in [0.717, 1.165) is 10.4 Å². The number of aryl methyl sites for hydroxylation is 1. The van der Waals surface area contributed by atoms with Crippen LogP contribution in [-0.4, -0.2) is 17.0 Å². The van der Waals surface area contributed by atoms with Crippen molar-refractivity contribution in [2.75, 3.05) is 0 Å². The Morgan fingerprint density at radius 2 is 1.90 bits per heavy atom. The highest BCUT2D eigenvalue weighted by Crippen LogP contribution is 2.16. The van der Waals surface area contributed by atoms with Crippen molar-refractivity contribution in [2.45, 2.75) is 13.5 Å². The maximum absolute atomic E-state index is 11.7. The normalized spacial score (nSPS) is 10.7. The van der Waals surface area contributed by atoms with E-state index in [2.05, 4.69) is 5.32 Å². The molecule has 108 valence electrons. The lowest BCUT2D eigenvalue weighted by molar-refractivity contribution is -0.116. The van der Waals surface area contributed by atoms with Gasteiger partial charge in [0.1, 0.15) is 0 Å². The van der Waals surface area contributed by atoms with Crippen molar-refractivity contribution in [3.63, 3.8) is 0 Å². The molecule has 2 aromatic rings. The summed E-state index contributed by atoms with van der Waals surface area (Å²) in [5, 5.41) is 11.6. The van der Waals surface area contributed by atoms with Crippen LogP contribution in [0.4, 0.5) is 0 Å². The fourth-order valence-corrected chi connectivity index (χ4v) is 2.49. The van der Waals surface area contributed by atoms with Crippen molar-refractivity contribution in [3.05, 3.63) is 63.4 Å². The molecule has 1 amide bonds. The summed E-state index contributed by atoms with van der Waals surface area (Å²) >= 11 is 1.63. The van der Waals surface area contributed by atoms with Crippen molar-refractivity contribution in [1.82, 2.24) is 5.32 Å². The Balaban J connectivity index is 1.86. The van der Waals surface area contributed by atoms with Gasteiger partial charge in [0.15, 0.2) is 0 Å². The van der Waals surface area contributed by atoms with Gasteiger partial charge in [-0.15, -0.1) is 11.3 Å². The highest BCUT2D eigenvalue weighted by atomic mass is 32.1. The van der Waals surface area contributed by atoms with E-state index in [1.165, 1.54) is 23.1 Å². The smallest absolute Gasteiger partial charge is 0.335 e. The van der Waals surface area contributed by atoms with E-state index < -0.39 is 5.97 Å². The average molecular weight is 301 g/mol. The number of carbonyl (C=O) groups is 2. The minimum Gasteiger partial charge on any atom is -0.478 e. The van der Waals surface area contributed by atoms with Crippen LogP contribution in [0.2, 0.25) is 0 Å². The lowest BCUT2D eigenvalue weighted by Gasteiger charge is -2.03. The van der Waals surface area contributed by atoms with Crippen molar-refractivity contribution >= 4 is 29.3 Å². The Kier molecular flexibility index (Phi) is 4.90. The summed E-state index contributed by atoms with van der Waals surface area (Å²) < 4.78 is 0. The van der Waals surface area contributed by atoms with Crippen molar-refractivity contribution in [2.24, 2.45) is 0 Å². The van der Waals surface area contributed by atoms with E-state index in [9.17, 15) is 9.59 Å². The van der Waals surface area contributed by atoms with E-state index >= 15 is 0 Å². The zero-order chi connectivity index (χ0) is 15.2. The molecule has 1 heterocycles. The van der Waals surface area contributed by atoms with E-state index in [0.29, 0.717) is 6.54 Å². The molecule has 0 aliphatic carbocycles. The first-order chi connectivity index (χ1) is 10.0. The summed E-state index contributed by atoms with van der Waals surface area (Å²) in [7, 11) is 0. The van der Waals surface area contributed by atoms with Crippen LogP contribution in [-0.2, 0) is 11.3 Å². The Bertz CT molecular complexity index is 671. The fourth-order valence-electron chi connectivity index (χ4n) is 1.71. The minimum atomic E-state index is -0.959. The second kappa shape index (κ2) is 6.85. The van der Waals surface area contributed by atoms with Gasteiger partial charge in [0.2, 0.25) is 5.91 Å². The molecular weight excluding hydrogens is 286 g/mol. The average Bonchev–Trinajstić information content (AvgIpc) is 2.89. The Labute approximate surface area is 126 Å². The Morgan fingerprint density at radius 1 is 1.19 bits per heavy atom. The molecule has 0 radical (unpaired) electrons. The molecule has 0 unspecified atom stereocenters. The predicted octanol–water partition coefficient (Wildman–Crippen LogP) is 3.08. The number of nitrogens with one attached hydrogen (secondary N) is 1. The van der Waals surface area contributed by atoms with Gasteiger partial charge in [0.05, 0.1) is 5.56 Å². The summed E-state index contributed by atoms with van der Waals surface area (Å²) in [6, 6.07) is 10.4. The lowest BCUT2D eigenvalue weighted by atomic mass is 10.1. The molecule has 0 fully saturated rings. The van der Waals surface area contributed by atoms with E-state index in [4.69, 9.17) is 5.11 Å². The highest BCUT2D eigenvalue weighted by molar-refractivity contribution is 7.12. The van der Waals surface area contributed by atoms with E-state index in [1.807, 2.05) is 19.1 Å². The molecule has 0 bridgehead atoms.